The number of hydrogen-bond donors (Lipinski definition) is 0. The summed E-state index contributed by atoms with van der Waals surface area (Å²) in [6.07, 6.45) is 0.839. The molecule has 6 nitrogen and oxygen atoms in total. The van der Waals surface area contributed by atoms with Crippen LogP contribution < -0.4 is 0 Å². The lowest BCUT2D eigenvalue weighted by Gasteiger charge is -2.21. The molecule has 0 fully saturated rings. The van der Waals surface area contributed by atoms with Gasteiger partial charge in [0.05, 0.1) is 12.2 Å². The Morgan fingerprint density at radius 1 is 1.44 bits per heavy atom. The van der Waals surface area contributed by atoms with Crippen molar-refractivity contribution in [1.29, 1.82) is 0 Å². The second-order valence-electron chi connectivity index (χ2n) is 4.16. The van der Waals surface area contributed by atoms with E-state index in [4.69, 9.17) is 13.9 Å². The van der Waals surface area contributed by atoms with Gasteiger partial charge in [-0.3, -0.25) is 0 Å². The van der Waals surface area contributed by atoms with Crippen LogP contribution in [0.25, 0.3) is 0 Å². The number of ether oxygens (including phenoxy) is 2. The molecule has 0 amide bonds. The maximum Gasteiger partial charge on any atom is 0.396 e. The van der Waals surface area contributed by atoms with Crippen LogP contribution in [0.1, 0.15) is 37.9 Å². The summed E-state index contributed by atoms with van der Waals surface area (Å²) in [5.74, 6) is 0.0742. The van der Waals surface area contributed by atoms with E-state index in [1.165, 1.54) is 11.8 Å². The summed E-state index contributed by atoms with van der Waals surface area (Å²) in [4.78, 5) is 11.3. The van der Waals surface area contributed by atoms with E-state index in [1.54, 1.807) is 14.0 Å². The van der Waals surface area contributed by atoms with Gasteiger partial charge in [-0.05, 0) is 27.2 Å². The predicted molar refractivity (Wildman–Crippen MR) is 66.7 cm³/mol. The van der Waals surface area contributed by atoms with Crippen LogP contribution >= 0.6 is 11.8 Å². The third-order valence-corrected chi connectivity index (χ3v) is 3.16. The number of carbonyl (C=O) groups excluding carboxylic acids is 1. The number of esters is 1. The van der Waals surface area contributed by atoms with Gasteiger partial charge < -0.3 is 13.9 Å². The molecular weight excluding hydrogens is 256 g/mol. The van der Waals surface area contributed by atoms with E-state index < -0.39 is 5.97 Å². The molecule has 0 aromatic carbocycles. The van der Waals surface area contributed by atoms with Crippen molar-refractivity contribution < 1.29 is 18.7 Å². The SMILES string of the molecule is CCOC(=O)c1nnc(SCCC(C)(C)OC)o1. The Labute approximate surface area is 110 Å². The fraction of sp³-hybridized carbons (Fsp3) is 0.727. The number of methoxy groups -OCH3 is 1. The minimum atomic E-state index is -0.589. The topological polar surface area (TPSA) is 74.5 Å². The fourth-order valence-electron chi connectivity index (χ4n) is 1.03. The van der Waals surface area contributed by atoms with Gasteiger partial charge in [-0.15, -0.1) is 5.10 Å². The first-order valence-corrected chi connectivity index (χ1v) is 6.65. The van der Waals surface area contributed by atoms with E-state index in [2.05, 4.69) is 10.2 Å². The monoisotopic (exact) mass is 274 g/mol. The lowest BCUT2D eigenvalue weighted by atomic mass is 10.1. The zero-order chi connectivity index (χ0) is 13.6. The zero-order valence-corrected chi connectivity index (χ0v) is 11.9. The van der Waals surface area contributed by atoms with Gasteiger partial charge in [0, 0.05) is 12.9 Å². The van der Waals surface area contributed by atoms with Crippen molar-refractivity contribution in [2.75, 3.05) is 19.5 Å². The minimum absolute atomic E-state index is 0.106. The highest BCUT2D eigenvalue weighted by Crippen LogP contribution is 2.22. The largest absolute Gasteiger partial charge is 0.459 e. The number of aromatic nitrogens is 2. The average molecular weight is 274 g/mol. The Morgan fingerprint density at radius 2 is 2.17 bits per heavy atom. The Bertz CT molecular complexity index is 392. The Balaban J connectivity index is 2.42. The highest BCUT2D eigenvalue weighted by Gasteiger charge is 2.19. The molecule has 0 saturated carbocycles. The normalized spacial score (nSPS) is 11.6. The van der Waals surface area contributed by atoms with Crippen LogP contribution in [0.15, 0.2) is 9.64 Å². The van der Waals surface area contributed by atoms with Crippen LogP contribution in [0.2, 0.25) is 0 Å². The van der Waals surface area contributed by atoms with Crippen molar-refractivity contribution in [3.05, 3.63) is 5.89 Å². The van der Waals surface area contributed by atoms with Gasteiger partial charge in [0.25, 0.3) is 5.22 Å². The molecule has 0 unspecified atom stereocenters. The summed E-state index contributed by atoms with van der Waals surface area (Å²) in [6, 6.07) is 0. The number of rotatable bonds is 7. The van der Waals surface area contributed by atoms with Crippen molar-refractivity contribution in [2.45, 2.75) is 38.0 Å². The van der Waals surface area contributed by atoms with Gasteiger partial charge in [0.1, 0.15) is 0 Å². The number of nitrogens with zero attached hydrogens (tertiary/aromatic N) is 2. The summed E-state index contributed by atoms with van der Waals surface area (Å²) in [7, 11) is 1.68. The maximum absolute atomic E-state index is 11.3. The molecule has 0 aliphatic rings. The van der Waals surface area contributed by atoms with Gasteiger partial charge >= 0.3 is 11.9 Å². The first-order chi connectivity index (χ1) is 8.48. The van der Waals surface area contributed by atoms with Crippen LogP contribution in [0.4, 0.5) is 0 Å². The van der Waals surface area contributed by atoms with Crippen molar-refractivity contribution in [3.8, 4) is 0 Å². The molecule has 0 radical (unpaired) electrons. The zero-order valence-electron chi connectivity index (χ0n) is 11.1. The van der Waals surface area contributed by atoms with Gasteiger partial charge in [-0.1, -0.05) is 16.9 Å². The molecule has 0 bridgehead atoms. The Morgan fingerprint density at radius 3 is 2.78 bits per heavy atom. The van der Waals surface area contributed by atoms with Crippen LogP contribution in [-0.2, 0) is 9.47 Å². The molecule has 102 valence electrons. The molecule has 1 aromatic heterocycles. The molecule has 1 heterocycles. The van der Waals surface area contributed by atoms with E-state index in [0.717, 1.165) is 12.2 Å². The standard InChI is InChI=1S/C11H18N2O4S/c1-5-16-9(14)8-12-13-10(17-8)18-7-6-11(2,3)15-4/h5-7H2,1-4H3. The molecule has 0 aliphatic carbocycles. The second kappa shape index (κ2) is 6.75. The lowest BCUT2D eigenvalue weighted by Crippen LogP contribution is -2.22. The minimum Gasteiger partial charge on any atom is -0.459 e. The first kappa shape index (κ1) is 15.0. The molecular formula is C11H18N2O4S. The van der Waals surface area contributed by atoms with E-state index in [0.29, 0.717) is 5.22 Å². The summed E-state index contributed by atoms with van der Waals surface area (Å²) >= 11 is 1.39. The molecule has 0 atom stereocenters. The van der Waals surface area contributed by atoms with Gasteiger partial charge in [-0.25, -0.2) is 4.79 Å². The molecule has 7 heteroatoms. The van der Waals surface area contributed by atoms with Gasteiger partial charge in [0.2, 0.25) is 0 Å². The molecule has 0 spiro atoms. The van der Waals surface area contributed by atoms with Crippen molar-refractivity contribution in [2.24, 2.45) is 0 Å². The van der Waals surface area contributed by atoms with E-state index in [-0.39, 0.29) is 18.1 Å². The maximum atomic E-state index is 11.3. The quantitative estimate of drug-likeness (QED) is 0.557. The van der Waals surface area contributed by atoms with E-state index in [9.17, 15) is 4.79 Å². The van der Waals surface area contributed by atoms with Crippen LogP contribution in [0.3, 0.4) is 0 Å². The van der Waals surface area contributed by atoms with Crippen LogP contribution in [-0.4, -0.2) is 41.2 Å². The summed E-state index contributed by atoms with van der Waals surface area (Å²) in [6.45, 7) is 6.01. The van der Waals surface area contributed by atoms with Crippen LogP contribution in [0, 0.1) is 0 Å². The average Bonchev–Trinajstić information content (AvgIpc) is 2.78. The van der Waals surface area contributed by atoms with Crippen molar-refractivity contribution in [3.63, 3.8) is 0 Å². The third kappa shape index (κ3) is 4.66. The van der Waals surface area contributed by atoms with Gasteiger partial charge in [-0.2, -0.15) is 0 Å². The predicted octanol–water partition coefficient (Wildman–Crippen LogP) is 2.15. The molecule has 0 N–H and O–H groups in total. The van der Waals surface area contributed by atoms with Crippen molar-refractivity contribution in [1.82, 2.24) is 10.2 Å². The molecule has 18 heavy (non-hydrogen) atoms. The molecule has 0 saturated heterocycles. The molecule has 1 rings (SSSR count). The second-order valence-corrected chi connectivity index (χ2v) is 5.20. The van der Waals surface area contributed by atoms with Crippen LogP contribution in [0.5, 0.6) is 0 Å². The third-order valence-electron chi connectivity index (χ3n) is 2.34. The highest BCUT2D eigenvalue weighted by molar-refractivity contribution is 7.99. The number of hydrogen-bond acceptors (Lipinski definition) is 7. The summed E-state index contributed by atoms with van der Waals surface area (Å²) < 4.78 is 15.2. The number of carbonyl (C=O) groups is 1. The van der Waals surface area contributed by atoms with E-state index in [1.807, 2.05) is 13.8 Å². The van der Waals surface area contributed by atoms with Gasteiger partial charge in [0.15, 0.2) is 0 Å². The Kier molecular flexibility index (Phi) is 5.61. The lowest BCUT2D eigenvalue weighted by molar-refractivity contribution is 0.0206. The number of thioether (sulfide) groups is 1. The Hall–Kier alpha value is -1.08. The fourth-order valence-corrected chi connectivity index (χ4v) is 2.03. The molecule has 1 aromatic rings. The molecule has 0 aliphatic heterocycles. The highest BCUT2D eigenvalue weighted by atomic mass is 32.2. The first-order valence-electron chi connectivity index (χ1n) is 5.67. The summed E-state index contributed by atoms with van der Waals surface area (Å²) in [5.41, 5.74) is -0.184. The smallest absolute Gasteiger partial charge is 0.396 e. The van der Waals surface area contributed by atoms with E-state index >= 15 is 0 Å². The van der Waals surface area contributed by atoms with Crippen molar-refractivity contribution >= 4 is 17.7 Å². The summed E-state index contributed by atoms with van der Waals surface area (Å²) in [5, 5.41) is 7.76.